The van der Waals surface area contributed by atoms with E-state index in [0.717, 1.165) is 34.4 Å². The first-order chi connectivity index (χ1) is 19.1. The summed E-state index contributed by atoms with van der Waals surface area (Å²) in [7, 11) is 3.57. The van der Waals surface area contributed by atoms with Crippen LogP contribution in [0.1, 0.15) is 51.4 Å². The highest BCUT2D eigenvalue weighted by molar-refractivity contribution is 6.11. The second-order valence-electron chi connectivity index (χ2n) is 10.2. The zero-order chi connectivity index (χ0) is 26.9. The molecule has 2 heterocycles. The van der Waals surface area contributed by atoms with Crippen molar-refractivity contribution in [2.75, 3.05) is 25.2 Å². The van der Waals surface area contributed by atoms with Gasteiger partial charge in [0.1, 0.15) is 12.4 Å². The van der Waals surface area contributed by atoms with Crippen molar-refractivity contribution >= 4 is 11.6 Å². The zero-order valence-electron chi connectivity index (χ0n) is 22.1. The molecule has 4 aromatic rings. The predicted molar refractivity (Wildman–Crippen MR) is 149 cm³/mol. The van der Waals surface area contributed by atoms with E-state index in [1.54, 1.807) is 18.3 Å². The van der Waals surface area contributed by atoms with Crippen LogP contribution in [0.4, 0.5) is 5.69 Å². The summed E-state index contributed by atoms with van der Waals surface area (Å²) in [5.74, 6) is 1.18. The molecule has 8 nitrogen and oxygen atoms in total. The molecule has 0 unspecified atom stereocenters. The number of aromatic nitrogens is 3. The second-order valence-corrected chi connectivity index (χ2v) is 10.2. The Morgan fingerprint density at radius 1 is 1.10 bits per heavy atom. The van der Waals surface area contributed by atoms with Gasteiger partial charge in [-0.2, -0.15) is 5.26 Å². The smallest absolute Gasteiger partial charge is 0.258 e. The van der Waals surface area contributed by atoms with E-state index in [4.69, 9.17) is 4.74 Å². The molecule has 0 saturated heterocycles. The van der Waals surface area contributed by atoms with Crippen LogP contribution in [0.25, 0.3) is 22.5 Å². The van der Waals surface area contributed by atoms with Gasteiger partial charge in [-0.1, -0.05) is 36.4 Å². The summed E-state index contributed by atoms with van der Waals surface area (Å²) in [6.07, 6.45) is 4.08. The third-order valence-corrected chi connectivity index (χ3v) is 7.54. The molecule has 0 spiro atoms. The average Bonchev–Trinajstić information content (AvgIpc) is 3.66. The Kier molecular flexibility index (Phi) is 6.69. The summed E-state index contributed by atoms with van der Waals surface area (Å²) in [4.78, 5) is 15.4. The number of carbonyl (C=O) groups is 1. The fraction of sp³-hybridized carbons (Fsp3) is 0.290. The molecule has 6 rings (SSSR count). The summed E-state index contributed by atoms with van der Waals surface area (Å²) >= 11 is 0. The van der Waals surface area contributed by atoms with Gasteiger partial charge in [0.25, 0.3) is 5.91 Å². The summed E-state index contributed by atoms with van der Waals surface area (Å²) in [5.41, 5.74) is 7.81. The van der Waals surface area contributed by atoms with Crippen molar-refractivity contribution in [2.45, 2.75) is 31.8 Å². The highest BCUT2D eigenvalue weighted by Crippen LogP contribution is 2.43. The van der Waals surface area contributed by atoms with Gasteiger partial charge in [-0.15, -0.1) is 10.2 Å². The molecule has 1 aromatic heterocycles. The first-order valence-electron chi connectivity index (χ1n) is 13.2. The lowest BCUT2D eigenvalue weighted by atomic mass is 9.93. The van der Waals surface area contributed by atoms with Crippen LogP contribution in [0.2, 0.25) is 0 Å². The number of aryl methyl sites for hydroxylation is 1. The number of anilines is 1. The Morgan fingerprint density at radius 2 is 1.97 bits per heavy atom. The number of ether oxygens (including phenoxy) is 1. The molecule has 0 atom stereocenters. The normalized spacial score (nSPS) is 14.5. The van der Waals surface area contributed by atoms with E-state index >= 15 is 0 Å². The molecule has 1 fully saturated rings. The van der Waals surface area contributed by atoms with Gasteiger partial charge in [-0.3, -0.25) is 4.79 Å². The van der Waals surface area contributed by atoms with Crippen LogP contribution in [0, 0.1) is 11.3 Å². The maximum absolute atomic E-state index is 13.7. The van der Waals surface area contributed by atoms with Crippen LogP contribution in [-0.4, -0.2) is 40.9 Å². The number of methoxy groups -OCH3 is 1. The molecule has 8 heteroatoms. The van der Waals surface area contributed by atoms with Crippen molar-refractivity contribution in [1.82, 2.24) is 20.1 Å². The van der Waals surface area contributed by atoms with Gasteiger partial charge in [0, 0.05) is 38.4 Å². The fourth-order valence-corrected chi connectivity index (χ4v) is 5.29. The minimum Gasteiger partial charge on any atom is -0.383 e. The Balaban J connectivity index is 1.41. The first-order valence-corrected chi connectivity index (χ1v) is 13.2. The van der Waals surface area contributed by atoms with Gasteiger partial charge >= 0.3 is 0 Å². The summed E-state index contributed by atoms with van der Waals surface area (Å²) in [6.45, 7) is 2.44. The van der Waals surface area contributed by atoms with Gasteiger partial charge in [-0.25, -0.2) is 0 Å². The van der Waals surface area contributed by atoms with Gasteiger partial charge in [0.15, 0.2) is 5.82 Å². The topological polar surface area (TPSA) is 96.1 Å². The van der Waals surface area contributed by atoms with Crippen LogP contribution in [0.15, 0.2) is 60.9 Å². The number of fused-ring (bicyclic) bond motifs is 1. The van der Waals surface area contributed by atoms with E-state index in [1.165, 1.54) is 18.4 Å². The molecule has 1 aliphatic heterocycles. The quantitative estimate of drug-likeness (QED) is 0.320. The molecule has 1 N–H and O–H groups in total. The molecule has 39 heavy (non-hydrogen) atoms. The van der Waals surface area contributed by atoms with Crippen molar-refractivity contribution in [3.63, 3.8) is 0 Å². The summed E-state index contributed by atoms with van der Waals surface area (Å²) in [6, 6.07) is 20.8. The van der Waals surface area contributed by atoms with Crippen molar-refractivity contribution in [1.29, 1.82) is 5.26 Å². The second kappa shape index (κ2) is 10.4. The van der Waals surface area contributed by atoms with Crippen LogP contribution in [0.3, 0.4) is 0 Å². The number of benzene rings is 3. The molecule has 1 saturated carbocycles. The lowest BCUT2D eigenvalue weighted by molar-refractivity contribution is 0.0996. The minimum absolute atomic E-state index is 0.0932. The Labute approximate surface area is 227 Å². The largest absolute Gasteiger partial charge is 0.383 e. The van der Waals surface area contributed by atoms with E-state index in [0.29, 0.717) is 48.3 Å². The lowest BCUT2D eigenvalue weighted by Crippen LogP contribution is -2.24. The third-order valence-electron chi connectivity index (χ3n) is 7.54. The van der Waals surface area contributed by atoms with Crippen LogP contribution < -0.4 is 10.2 Å². The predicted octanol–water partition coefficient (Wildman–Crippen LogP) is 4.79. The lowest BCUT2D eigenvalue weighted by Gasteiger charge is -2.21. The standard InChI is InChI=1S/C31H30N6O2/c1-36-19-34-35-30(36)28-14-25(16-32)29(15-26(28)23-5-3-4-22(13-23)21-8-9-21)37-18-24-7-6-20(12-27(24)31(37)38)17-33-10-11-39-2/h3-7,12-15,19,21,33H,8-11,17-18H2,1-2H3. The highest BCUT2D eigenvalue weighted by Gasteiger charge is 2.32. The number of nitriles is 1. The molecule has 1 aliphatic carbocycles. The maximum Gasteiger partial charge on any atom is 0.258 e. The van der Waals surface area contributed by atoms with Gasteiger partial charge in [0.2, 0.25) is 0 Å². The molecule has 0 bridgehead atoms. The summed E-state index contributed by atoms with van der Waals surface area (Å²) < 4.78 is 6.95. The molecule has 0 radical (unpaired) electrons. The molecule has 3 aromatic carbocycles. The average molecular weight is 519 g/mol. The summed E-state index contributed by atoms with van der Waals surface area (Å²) in [5, 5.41) is 21.9. The highest BCUT2D eigenvalue weighted by atomic mass is 16.5. The van der Waals surface area contributed by atoms with E-state index < -0.39 is 0 Å². The molecule has 196 valence electrons. The van der Waals surface area contributed by atoms with E-state index in [1.807, 2.05) is 41.9 Å². The van der Waals surface area contributed by atoms with Gasteiger partial charge < -0.3 is 19.5 Å². The molecular weight excluding hydrogens is 488 g/mol. The molecule has 2 aliphatic rings. The Bertz CT molecular complexity index is 1600. The number of hydrogen-bond donors (Lipinski definition) is 1. The van der Waals surface area contributed by atoms with Crippen LogP contribution >= 0.6 is 0 Å². The van der Waals surface area contributed by atoms with E-state index in [-0.39, 0.29) is 5.91 Å². The Morgan fingerprint density at radius 3 is 2.72 bits per heavy atom. The fourth-order valence-electron chi connectivity index (χ4n) is 5.29. The number of amides is 1. The van der Waals surface area contributed by atoms with Crippen LogP contribution in [0.5, 0.6) is 0 Å². The van der Waals surface area contributed by atoms with Gasteiger partial charge in [0.05, 0.1) is 24.4 Å². The van der Waals surface area contributed by atoms with E-state index in [9.17, 15) is 10.1 Å². The van der Waals surface area contributed by atoms with Crippen molar-refractivity contribution in [3.8, 4) is 28.6 Å². The molecular formula is C31H30N6O2. The minimum atomic E-state index is -0.0932. The number of nitrogens with zero attached hydrogens (tertiary/aromatic N) is 5. The molecule has 1 amide bonds. The zero-order valence-corrected chi connectivity index (χ0v) is 22.1. The maximum atomic E-state index is 13.7. The van der Waals surface area contributed by atoms with Crippen LogP contribution in [-0.2, 0) is 24.9 Å². The monoisotopic (exact) mass is 518 g/mol. The van der Waals surface area contributed by atoms with E-state index in [2.05, 4.69) is 45.8 Å². The number of rotatable bonds is 9. The van der Waals surface area contributed by atoms with Crippen molar-refractivity contribution < 1.29 is 9.53 Å². The Hall–Kier alpha value is -4.32. The number of nitrogens with one attached hydrogen (secondary N) is 1. The SMILES string of the molecule is COCCNCc1ccc2c(c1)C(=O)N(c1cc(-c3cccc(C4CC4)c3)c(-c3nncn3C)cc1C#N)C2. The third kappa shape index (κ3) is 4.83. The first kappa shape index (κ1) is 25.0. The number of hydrogen-bond acceptors (Lipinski definition) is 6. The van der Waals surface area contributed by atoms with Crippen molar-refractivity contribution in [3.05, 3.63) is 88.7 Å². The van der Waals surface area contributed by atoms with Crippen molar-refractivity contribution in [2.24, 2.45) is 7.05 Å². The van der Waals surface area contributed by atoms with Gasteiger partial charge in [-0.05, 0) is 64.8 Å². The number of carbonyl (C=O) groups excluding carboxylic acids is 1.